The summed E-state index contributed by atoms with van der Waals surface area (Å²) in [6.07, 6.45) is -2.43. The lowest BCUT2D eigenvalue weighted by Gasteiger charge is -2.32. The number of amides is 2. The van der Waals surface area contributed by atoms with Crippen molar-refractivity contribution in [1.82, 2.24) is 9.80 Å². The third-order valence-corrected chi connectivity index (χ3v) is 3.46. The number of nitrogens with zero attached hydrogens (tertiary/aromatic N) is 2. The second-order valence-corrected chi connectivity index (χ2v) is 8.29. The van der Waals surface area contributed by atoms with Crippen LogP contribution in [0.1, 0.15) is 41.5 Å². The fourth-order valence-corrected chi connectivity index (χ4v) is 2.20. The Hall–Kier alpha value is -2.03. The Kier molecular flexibility index (Phi) is 6.87. The van der Waals surface area contributed by atoms with E-state index in [9.17, 15) is 19.5 Å². The molecule has 2 amide bonds. The van der Waals surface area contributed by atoms with Crippen molar-refractivity contribution in [2.24, 2.45) is 0 Å². The molecule has 1 fully saturated rings. The average molecular weight is 374 g/mol. The summed E-state index contributed by atoms with van der Waals surface area (Å²) in [5.41, 5.74) is -1.40. The van der Waals surface area contributed by atoms with Gasteiger partial charge in [0.1, 0.15) is 11.2 Å². The second kappa shape index (κ2) is 8.11. The van der Waals surface area contributed by atoms with E-state index in [0.717, 1.165) is 0 Å². The molecule has 0 bridgehead atoms. The zero-order valence-electron chi connectivity index (χ0n) is 16.6. The minimum atomic E-state index is -1.19. The van der Waals surface area contributed by atoms with Gasteiger partial charge in [0.2, 0.25) is 0 Å². The number of carboxylic acids is 1. The fourth-order valence-electron chi connectivity index (χ4n) is 2.20. The maximum Gasteiger partial charge on any atom is 0.410 e. The normalized spacial score (nSPS) is 21.6. The molecule has 1 heterocycles. The Labute approximate surface area is 154 Å². The van der Waals surface area contributed by atoms with E-state index in [1.807, 2.05) is 0 Å². The van der Waals surface area contributed by atoms with Crippen LogP contribution in [0.3, 0.4) is 0 Å². The van der Waals surface area contributed by atoms with Gasteiger partial charge in [0, 0.05) is 13.6 Å². The van der Waals surface area contributed by atoms with Gasteiger partial charge in [0.15, 0.2) is 6.10 Å². The molecule has 150 valence electrons. The summed E-state index contributed by atoms with van der Waals surface area (Å²) in [7, 11) is 1.52. The van der Waals surface area contributed by atoms with E-state index in [-0.39, 0.29) is 19.7 Å². The van der Waals surface area contributed by atoms with E-state index in [1.54, 1.807) is 41.5 Å². The zero-order valence-corrected chi connectivity index (χ0v) is 16.6. The number of ether oxygens (including phenoxy) is 3. The molecule has 0 saturated carbocycles. The van der Waals surface area contributed by atoms with E-state index in [0.29, 0.717) is 0 Å². The van der Waals surface area contributed by atoms with Gasteiger partial charge < -0.3 is 29.1 Å². The molecule has 1 aliphatic rings. The van der Waals surface area contributed by atoms with Gasteiger partial charge in [-0.05, 0) is 41.5 Å². The highest BCUT2D eigenvalue weighted by molar-refractivity contribution is 5.75. The second-order valence-electron chi connectivity index (χ2n) is 8.29. The number of carboxylic acid groups (broad SMARTS) is 1. The molecule has 1 unspecified atom stereocenters. The van der Waals surface area contributed by atoms with Gasteiger partial charge in [0.25, 0.3) is 0 Å². The van der Waals surface area contributed by atoms with Crippen molar-refractivity contribution in [3.63, 3.8) is 0 Å². The Balaban J connectivity index is 2.95. The van der Waals surface area contributed by atoms with Gasteiger partial charge in [-0.1, -0.05) is 0 Å². The van der Waals surface area contributed by atoms with Crippen molar-refractivity contribution >= 4 is 18.2 Å². The highest BCUT2D eigenvalue weighted by atomic mass is 16.6. The molecule has 0 aromatic carbocycles. The number of rotatable bonds is 2. The van der Waals surface area contributed by atoms with E-state index in [2.05, 4.69) is 0 Å². The summed E-state index contributed by atoms with van der Waals surface area (Å²) >= 11 is 0. The molecule has 1 N–H and O–H groups in total. The lowest BCUT2D eigenvalue weighted by atomic mass is 10.2. The number of aliphatic carboxylic acids is 1. The van der Waals surface area contributed by atoms with Crippen LogP contribution in [0.15, 0.2) is 0 Å². The maximum atomic E-state index is 12.4. The van der Waals surface area contributed by atoms with Crippen LogP contribution in [-0.4, -0.2) is 83.2 Å². The van der Waals surface area contributed by atoms with E-state index < -0.39 is 41.5 Å². The summed E-state index contributed by atoms with van der Waals surface area (Å²) in [6.45, 7) is 10.3. The first-order chi connectivity index (χ1) is 11.7. The lowest BCUT2D eigenvalue weighted by Crippen LogP contribution is -2.49. The van der Waals surface area contributed by atoms with Gasteiger partial charge in [-0.2, -0.15) is 0 Å². The topological polar surface area (TPSA) is 106 Å². The van der Waals surface area contributed by atoms with Crippen LogP contribution in [0.5, 0.6) is 0 Å². The number of carbonyl (C=O) groups excluding carboxylic acids is 2. The first-order valence-electron chi connectivity index (χ1n) is 8.48. The van der Waals surface area contributed by atoms with E-state index in [1.165, 1.54) is 16.8 Å². The smallest absolute Gasteiger partial charge is 0.410 e. The van der Waals surface area contributed by atoms with Crippen molar-refractivity contribution in [2.45, 2.75) is 64.9 Å². The molecule has 0 aromatic rings. The molecule has 9 nitrogen and oxygen atoms in total. The van der Waals surface area contributed by atoms with Crippen molar-refractivity contribution in [3.8, 4) is 0 Å². The first kappa shape index (κ1) is 22.0. The molecule has 1 aliphatic heterocycles. The highest BCUT2D eigenvalue weighted by Crippen LogP contribution is 2.17. The summed E-state index contributed by atoms with van der Waals surface area (Å²) < 4.78 is 16.0. The lowest BCUT2D eigenvalue weighted by molar-refractivity contribution is -0.150. The SMILES string of the molecule is CN(C(=O)OC(C)(C)C)C1CO[C@H](C(=O)O)CN(C(=O)OC(C)(C)C)C1. The Bertz CT molecular complexity index is 536. The van der Waals surface area contributed by atoms with E-state index >= 15 is 0 Å². The minimum Gasteiger partial charge on any atom is -0.479 e. The molecule has 0 aromatic heterocycles. The predicted molar refractivity (Wildman–Crippen MR) is 93.0 cm³/mol. The van der Waals surface area contributed by atoms with Crippen molar-refractivity contribution in [3.05, 3.63) is 0 Å². The molecular formula is C17H30N2O7. The largest absolute Gasteiger partial charge is 0.479 e. The number of hydrogen-bond acceptors (Lipinski definition) is 6. The van der Waals surface area contributed by atoms with E-state index in [4.69, 9.17) is 14.2 Å². The predicted octanol–water partition coefficient (Wildman–Crippen LogP) is 1.94. The standard InChI is InChI=1S/C17H30N2O7/c1-16(2,3)25-14(22)18(7)11-8-19(15(23)26-17(4,5)6)9-12(13(20)21)24-10-11/h11-12H,8-10H2,1-7H3,(H,20,21)/t11?,12-/m0/s1. The van der Waals surface area contributed by atoms with Gasteiger partial charge in [-0.3, -0.25) is 0 Å². The number of carbonyl (C=O) groups is 3. The third-order valence-electron chi connectivity index (χ3n) is 3.46. The molecule has 0 spiro atoms. The summed E-state index contributed by atoms with van der Waals surface area (Å²) in [5, 5.41) is 9.27. The summed E-state index contributed by atoms with van der Waals surface area (Å²) in [6, 6.07) is -0.568. The summed E-state index contributed by atoms with van der Waals surface area (Å²) in [4.78, 5) is 38.6. The Morgan fingerprint density at radius 1 is 1.04 bits per heavy atom. The highest BCUT2D eigenvalue weighted by Gasteiger charge is 2.36. The quantitative estimate of drug-likeness (QED) is 0.787. The number of hydrogen-bond donors (Lipinski definition) is 1. The van der Waals surface area contributed by atoms with Crippen LogP contribution in [-0.2, 0) is 19.0 Å². The van der Waals surface area contributed by atoms with Crippen molar-refractivity contribution < 1.29 is 33.7 Å². The molecule has 0 radical (unpaired) electrons. The Morgan fingerprint density at radius 2 is 1.58 bits per heavy atom. The molecule has 2 atom stereocenters. The van der Waals surface area contributed by atoms with Crippen LogP contribution in [0.4, 0.5) is 9.59 Å². The molecular weight excluding hydrogens is 344 g/mol. The molecule has 9 heteroatoms. The third kappa shape index (κ3) is 7.07. The Morgan fingerprint density at radius 3 is 2.04 bits per heavy atom. The number of likely N-dealkylation sites (N-methyl/N-ethyl adjacent to an activating group) is 1. The molecule has 26 heavy (non-hydrogen) atoms. The average Bonchev–Trinajstić information content (AvgIpc) is 2.65. The van der Waals surface area contributed by atoms with Crippen molar-refractivity contribution in [1.29, 1.82) is 0 Å². The zero-order chi connectivity index (χ0) is 20.3. The van der Waals surface area contributed by atoms with Gasteiger partial charge in [0.05, 0.1) is 19.2 Å². The molecule has 1 rings (SSSR count). The van der Waals surface area contributed by atoms with Crippen LogP contribution < -0.4 is 0 Å². The molecule has 0 aliphatic carbocycles. The van der Waals surface area contributed by atoms with Crippen molar-refractivity contribution in [2.75, 3.05) is 26.7 Å². The fraction of sp³-hybridized carbons (Fsp3) is 0.824. The minimum absolute atomic E-state index is 0.0357. The van der Waals surface area contributed by atoms with Crippen LogP contribution >= 0.6 is 0 Å². The van der Waals surface area contributed by atoms with Crippen LogP contribution in [0.2, 0.25) is 0 Å². The molecule has 1 saturated heterocycles. The maximum absolute atomic E-state index is 12.4. The van der Waals surface area contributed by atoms with Gasteiger partial charge in [-0.25, -0.2) is 14.4 Å². The van der Waals surface area contributed by atoms with Gasteiger partial charge in [-0.15, -0.1) is 0 Å². The first-order valence-corrected chi connectivity index (χ1v) is 8.48. The van der Waals surface area contributed by atoms with Crippen LogP contribution in [0.25, 0.3) is 0 Å². The summed E-state index contributed by atoms with van der Waals surface area (Å²) in [5.74, 6) is -1.18. The van der Waals surface area contributed by atoms with Crippen LogP contribution in [0, 0.1) is 0 Å². The van der Waals surface area contributed by atoms with Gasteiger partial charge >= 0.3 is 18.2 Å². The monoisotopic (exact) mass is 374 g/mol.